The highest BCUT2D eigenvalue weighted by Gasteiger charge is 2.11. The van der Waals surface area contributed by atoms with Crippen molar-refractivity contribution in [3.63, 3.8) is 0 Å². The van der Waals surface area contributed by atoms with E-state index in [0.29, 0.717) is 5.75 Å². The highest BCUT2D eigenvalue weighted by molar-refractivity contribution is 7.74. The summed E-state index contributed by atoms with van der Waals surface area (Å²) in [6, 6.07) is 5.70. The molecule has 15 heavy (non-hydrogen) atoms. The summed E-state index contributed by atoms with van der Waals surface area (Å²) < 4.78 is 26.0. The van der Waals surface area contributed by atoms with Gasteiger partial charge in [0.25, 0.3) is 0 Å². The zero-order valence-electron chi connectivity index (χ0n) is 9.15. The van der Waals surface area contributed by atoms with Crippen LogP contribution in [-0.4, -0.2) is 8.76 Å². The van der Waals surface area contributed by atoms with E-state index in [1.165, 1.54) is 0 Å². The van der Waals surface area contributed by atoms with Crippen LogP contribution in [0.25, 0.3) is 0 Å². The standard InChI is InChI=1S/C11H16O3S/c1-4-9-6-5-7-10(8(2)3)11(9)14-15(12)13/h5-8H,4H2,1-3H3,(H,12,13)/p-1. The third-order valence-electron chi connectivity index (χ3n) is 2.28. The van der Waals surface area contributed by atoms with E-state index in [2.05, 4.69) is 0 Å². The second kappa shape index (κ2) is 5.28. The fourth-order valence-electron chi connectivity index (χ4n) is 1.51. The lowest BCUT2D eigenvalue weighted by Crippen LogP contribution is -2.04. The fraction of sp³-hybridized carbons (Fsp3) is 0.455. The Hall–Kier alpha value is -0.870. The van der Waals surface area contributed by atoms with Gasteiger partial charge in [-0.25, -0.2) is 4.21 Å². The first-order valence-corrected chi connectivity index (χ1v) is 5.95. The molecular weight excluding hydrogens is 212 g/mol. The van der Waals surface area contributed by atoms with Crippen LogP contribution in [-0.2, 0) is 17.8 Å². The van der Waals surface area contributed by atoms with Gasteiger partial charge in [0.05, 0.1) is 0 Å². The fourth-order valence-corrected chi connectivity index (χ4v) is 1.85. The average molecular weight is 227 g/mol. The molecule has 0 saturated heterocycles. The minimum Gasteiger partial charge on any atom is -0.740 e. The lowest BCUT2D eigenvalue weighted by Gasteiger charge is -2.17. The second-order valence-corrected chi connectivity index (χ2v) is 4.21. The Morgan fingerprint density at radius 3 is 2.60 bits per heavy atom. The molecule has 3 nitrogen and oxygen atoms in total. The van der Waals surface area contributed by atoms with Crippen LogP contribution in [0.4, 0.5) is 0 Å². The van der Waals surface area contributed by atoms with Crippen LogP contribution in [0.5, 0.6) is 5.75 Å². The molecule has 0 spiro atoms. The molecular formula is C11H15O3S-. The highest BCUT2D eigenvalue weighted by Crippen LogP contribution is 2.30. The van der Waals surface area contributed by atoms with Crippen LogP contribution in [0.3, 0.4) is 0 Å². The molecule has 0 fully saturated rings. The molecule has 4 heteroatoms. The predicted octanol–water partition coefficient (Wildman–Crippen LogP) is 2.55. The normalized spacial score (nSPS) is 12.9. The molecule has 0 saturated carbocycles. The quantitative estimate of drug-likeness (QED) is 0.743. The summed E-state index contributed by atoms with van der Waals surface area (Å²) in [4.78, 5) is 0. The van der Waals surface area contributed by atoms with E-state index in [-0.39, 0.29) is 5.92 Å². The Morgan fingerprint density at radius 2 is 2.13 bits per heavy atom. The summed E-state index contributed by atoms with van der Waals surface area (Å²) in [5.41, 5.74) is 1.85. The van der Waals surface area contributed by atoms with Crippen LogP contribution in [0, 0.1) is 0 Å². The van der Waals surface area contributed by atoms with E-state index in [0.717, 1.165) is 17.5 Å². The van der Waals surface area contributed by atoms with E-state index in [9.17, 15) is 8.76 Å². The third kappa shape index (κ3) is 3.04. The molecule has 0 aliphatic rings. The topological polar surface area (TPSA) is 49.4 Å². The molecule has 0 aliphatic carbocycles. The maximum atomic E-state index is 10.6. The Bertz CT molecular complexity index is 361. The number of rotatable bonds is 4. The number of hydrogen-bond acceptors (Lipinski definition) is 3. The average Bonchev–Trinajstić information content (AvgIpc) is 2.16. The smallest absolute Gasteiger partial charge is 0.145 e. The lowest BCUT2D eigenvalue weighted by atomic mass is 9.98. The van der Waals surface area contributed by atoms with Gasteiger partial charge in [0.15, 0.2) is 0 Å². The van der Waals surface area contributed by atoms with Gasteiger partial charge >= 0.3 is 0 Å². The number of para-hydroxylation sites is 1. The summed E-state index contributed by atoms with van der Waals surface area (Å²) in [7, 11) is 0. The van der Waals surface area contributed by atoms with Crippen molar-refractivity contribution in [1.82, 2.24) is 0 Å². The summed E-state index contributed by atoms with van der Waals surface area (Å²) in [5.74, 6) is 0.735. The molecule has 1 aromatic carbocycles. The minimum absolute atomic E-state index is 0.245. The lowest BCUT2D eigenvalue weighted by molar-refractivity contribution is 0.435. The van der Waals surface area contributed by atoms with Crippen LogP contribution < -0.4 is 4.18 Å². The maximum Gasteiger partial charge on any atom is 0.145 e. The van der Waals surface area contributed by atoms with Crippen molar-refractivity contribution < 1.29 is 12.9 Å². The van der Waals surface area contributed by atoms with Crippen molar-refractivity contribution in [2.75, 3.05) is 0 Å². The molecule has 1 unspecified atom stereocenters. The van der Waals surface area contributed by atoms with Gasteiger partial charge in [-0.05, 0) is 23.5 Å². The predicted molar refractivity (Wildman–Crippen MR) is 59.5 cm³/mol. The first-order chi connectivity index (χ1) is 7.06. The Balaban J connectivity index is 3.20. The third-order valence-corrected chi connectivity index (χ3v) is 2.58. The van der Waals surface area contributed by atoms with Gasteiger partial charge in [0.1, 0.15) is 17.1 Å². The van der Waals surface area contributed by atoms with Crippen molar-refractivity contribution in [2.45, 2.75) is 33.1 Å². The zero-order valence-corrected chi connectivity index (χ0v) is 9.97. The molecule has 0 bridgehead atoms. The molecule has 1 rings (SSSR count). The maximum absolute atomic E-state index is 10.6. The first-order valence-electron chi connectivity index (χ1n) is 4.95. The summed E-state index contributed by atoms with van der Waals surface area (Å²) in [6.45, 7) is 5.99. The molecule has 1 atom stereocenters. The molecule has 0 heterocycles. The first kappa shape index (κ1) is 12.2. The molecule has 0 radical (unpaired) electrons. The second-order valence-electron chi connectivity index (χ2n) is 3.63. The van der Waals surface area contributed by atoms with Gasteiger partial charge in [-0.2, -0.15) is 0 Å². The van der Waals surface area contributed by atoms with E-state index in [1.807, 2.05) is 39.0 Å². The van der Waals surface area contributed by atoms with Gasteiger partial charge < -0.3 is 8.74 Å². The van der Waals surface area contributed by atoms with Gasteiger partial charge in [-0.3, -0.25) is 0 Å². The van der Waals surface area contributed by atoms with Gasteiger partial charge in [-0.15, -0.1) is 0 Å². The molecule has 0 N–H and O–H groups in total. The summed E-state index contributed by atoms with van der Waals surface area (Å²) >= 11 is -2.51. The van der Waals surface area contributed by atoms with Crippen LogP contribution in [0.2, 0.25) is 0 Å². The van der Waals surface area contributed by atoms with Gasteiger partial charge in [0.2, 0.25) is 0 Å². The molecule has 0 aromatic heterocycles. The van der Waals surface area contributed by atoms with Crippen molar-refractivity contribution in [1.29, 1.82) is 0 Å². The van der Waals surface area contributed by atoms with Crippen LogP contribution in [0.1, 0.15) is 37.8 Å². The van der Waals surface area contributed by atoms with E-state index in [1.54, 1.807) is 0 Å². The van der Waals surface area contributed by atoms with Crippen molar-refractivity contribution >= 4 is 11.4 Å². The zero-order chi connectivity index (χ0) is 11.4. The van der Waals surface area contributed by atoms with E-state index in [4.69, 9.17) is 4.18 Å². The van der Waals surface area contributed by atoms with Gasteiger partial charge in [0, 0.05) is 0 Å². The number of benzene rings is 1. The Labute approximate surface area is 93.0 Å². The number of hydrogen-bond donors (Lipinski definition) is 0. The van der Waals surface area contributed by atoms with Crippen molar-refractivity contribution in [2.24, 2.45) is 0 Å². The molecule has 0 aliphatic heterocycles. The molecule has 0 amide bonds. The van der Waals surface area contributed by atoms with E-state index >= 15 is 0 Å². The van der Waals surface area contributed by atoms with Crippen molar-refractivity contribution in [3.05, 3.63) is 29.3 Å². The Kier molecular flexibility index (Phi) is 4.29. The van der Waals surface area contributed by atoms with Gasteiger partial charge in [-0.1, -0.05) is 39.0 Å². The van der Waals surface area contributed by atoms with Crippen molar-refractivity contribution in [3.8, 4) is 5.75 Å². The van der Waals surface area contributed by atoms with Crippen LogP contribution in [0.15, 0.2) is 18.2 Å². The largest absolute Gasteiger partial charge is 0.740 e. The summed E-state index contributed by atoms with van der Waals surface area (Å²) in [5, 5.41) is 0. The monoisotopic (exact) mass is 227 g/mol. The summed E-state index contributed by atoms with van der Waals surface area (Å²) in [6.07, 6.45) is 0.757. The molecule has 1 aromatic rings. The molecule has 84 valence electrons. The number of aryl methyl sites for hydroxylation is 1. The van der Waals surface area contributed by atoms with Crippen LogP contribution >= 0.6 is 0 Å². The highest BCUT2D eigenvalue weighted by atomic mass is 32.2. The minimum atomic E-state index is -2.51. The Morgan fingerprint density at radius 1 is 1.47 bits per heavy atom. The SMILES string of the molecule is CCc1cccc(C(C)C)c1OS(=O)[O-]. The van der Waals surface area contributed by atoms with E-state index < -0.39 is 11.4 Å².